The first-order valence-corrected chi connectivity index (χ1v) is 8.71. The topological polar surface area (TPSA) is 87.7 Å². The quantitative estimate of drug-likeness (QED) is 0.564. The molecule has 1 unspecified atom stereocenters. The molecule has 7 nitrogen and oxygen atoms in total. The Morgan fingerprint density at radius 2 is 2.16 bits per heavy atom. The fourth-order valence-electron chi connectivity index (χ4n) is 3.19. The Bertz CT molecular complexity index is 689. The summed E-state index contributed by atoms with van der Waals surface area (Å²) in [6.45, 7) is 4.85. The molecule has 3 rings (SSSR count). The number of imide groups is 1. The maximum absolute atomic E-state index is 12.7. The third-order valence-corrected chi connectivity index (χ3v) is 4.52. The van der Waals surface area contributed by atoms with E-state index in [1.807, 2.05) is 12.1 Å². The van der Waals surface area contributed by atoms with E-state index < -0.39 is 11.9 Å². The molecule has 2 aliphatic rings. The Morgan fingerprint density at radius 1 is 1.32 bits per heavy atom. The van der Waals surface area contributed by atoms with Crippen molar-refractivity contribution in [2.75, 3.05) is 19.7 Å². The van der Waals surface area contributed by atoms with Crippen LogP contribution in [-0.2, 0) is 16.1 Å². The van der Waals surface area contributed by atoms with E-state index in [9.17, 15) is 14.4 Å². The maximum Gasteiger partial charge on any atom is 0.255 e. The molecule has 2 N–H and O–H groups in total. The zero-order valence-corrected chi connectivity index (χ0v) is 14.3. The van der Waals surface area contributed by atoms with Crippen LogP contribution in [0.25, 0.3) is 0 Å². The van der Waals surface area contributed by atoms with Crippen LogP contribution < -0.4 is 15.4 Å². The molecular formula is C18H23N3O4. The van der Waals surface area contributed by atoms with Crippen molar-refractivity contribution < 1.29 is 19.1 Å². The van der Waals surface area contributed by atoms with Crippen molar-refractivity contribution in [1.29, 1.82) is 0 Å². The minimum atomic E-state index is -0.581. The number of rotatable bonds is 7. The van der Waals surface area contributed by atoms with E-state index in [1.165, 1.54) is 0 Å². The van der Waals surface area contributed by atoms with Gasteiger partial charge in [0.2, 0.25) is 11.8 Å². The van der Waals surface area contributed by atoms with Crippen LogP contribution in [0.1, 0.15) is 42.1 Å². The van der Waals surface area contributed by atoms with Gasteiger partial charge < -0.3 is 15.0 Å². The van der Waals surface area contributed by atoms with E-state index in [0.717, 1.165) is 25.1 Å². The number of hydrogen-bond acceptors (Lipinski definition) is 5. The Kier molecular flexibility index (Phi) is 5.33. The molecule has 134 valence electrons. The van der Waals surface area contributed by atoms with E-state index in [2.05, 4.69) is 17.6 Å². The molecule has 0 saturated carbocycles. The molecule has 3 amide bonds. The summed E-state index contributed by atoms with van der Waals surface area (Å²) >= 11 is 0. The third kappa shape index (κ3) is 3.82. The van der Waals surface area contributed by atoms with Crippen molar-refractivity contribution in [2.24, 2.45) is 0 Å². The summed E-state index contributed by atoms with van der Waals surface area (Å²) < 4.78 is 5.71. The molecule has 0 aromatic heterocycles. The Hall–Kier alpha value is -2.41. The summed E-state index contributed by atoms with van der Waals surface area (Å²) in [5.74, 6) is -0.188. The van der Waals surface area contributed by atoms with Gasteiger partial charge in [-0.2, -0.15) is 0 Å². The number of piperidine rings is 1. The number of ether oxygens (including phenoxy) is 1. The molecule has 1 aromatic rings. The van der Waals surface area contributed by atoms with Crippen molar-refractivity contribution in [3.63, 3.8) is 0 Å². The van der Waals surface area contributed by atoms with Gasteiger partial charge in [-0.15, -0.1) is 0 Å². The Morgan fingerprint density at radius 3 is 2.92 bits per heavy atom. The molecule has 1 saturated heterocycles. The van der Waals surface area contributed by atoms with Crippen LogP contribution >= 0.6 is 0 Å². The number of nitrogens with one attached hydrogen (secondary N) is 2. The zero-order chi connectivity index (χ0) is 17.8. The molecule has 1 atom stereocenters. The highest BCUT2D eigenvalue weighted by atomic mass is 16.5. The second kappa shape index (κ2) is 7.65. The molecule has 0 radical (unpaired) electrons. The molecule has 2 heterocycles. The predicted molar refractivity (Wildman–Crippen MR) is 91.1 cm³/mol. The first-order valence-electron chi connectivity index (χ1n) is 8.71. The van der Waals surface area contributed by atoms with Crippen molar-refractivity contribution in [3.05, 3.63) is 29.3 Å². The minimum Gasteiger partial charge on any atom is -0.494 e. The van der Waals surface area contributed by atoms with Gasteiger partial charge >= 0.3 is 0 Å². The lowest BCUT2D eigenvalue weighted by Gasteiger charge is -2.29. The Labute approximate surface area is 146 Å². The number of nitrogens with zero attached hydrogens (tertiary/aromatic N) is 1. The molecule has 0 spiro atoms. The summed E-state index contributed by atoms with van der Waals surface area (Å²) in [4.78, 5) is 37.5. The second-order valence-electron chi connectivity index (χ2n) is 6.27. The minimum absolute atomic E-state index is 0.178. The van der Waals surface area contributed by atoms with Crippen molar-refractivity contribution in [2.45, 2.75) is 38.8 Å². The summed E-state index contributed by atoms with van der Waals surface area (Å²) in [7, 11) is 0. The van der Waals surface area contributed by atoms with Gasteiger partial charge in [0.15, 0.2) is 0 Å². The normalized spacial score (nSPS) is 19.8. The molecule has 0 bridgehead atoms. The fraction of sp³-hybridized carbons (Fsp3) is 0.500. The standard InChI is InChI=1S/C18H23N3O4/c1-2-19-8-3-9-25-13-5-4-12-11-21(18(24)14(12)10-13)15-6-7-16(22)20-17(15)23/h4-5,10,15,19H,2-3,6-9,11H2,1H3,(H,20,22,23). The van der Waals surface area contributed by atoms with E-state index in [4.69, 9.17) is 4.74 Å². The molecule has 7 heteroatoms. The lowest BCUT2D eigenvalue weighted by atomic mass is 10.0. The summed E-state index contributed by atoms with van der Waals surface area (Å²) in [6.07, 6.45) is 1.52. The monoisotopic (exact) mass is 345 g/mol. The molecule has 1 aromatic carbocycles. The lowest BCUT2D eigenvalue weighted by Crippen LogP contribution is -2.52. The number of carbonyl (C=O) groups is 3. The van der Waals surface area contributed by atoms with Crippen LogP contribution in [0, 0.1) is 0 Å². The lowest BCUT2D eigenvalue weighted by molar-refractivity contribution is -0.136. The highest BCUT2D eigenvalue weighted by molar-refractivity contribution is 6.05. The average molecular weight is 345 g/mol. The average Bonchev–Trinajstić information content (AvgIpc) is 2.91. The Balaban J connectivity index is 1.63. The van der Waals surface area contributed by atoms with Gasteiger partial charge in [-0.05, 0) is 43.6 Å². The van der Waals surface area contributed by atoms with Gasteiger partial charge in [0.1, 0.15) is 11.8 Å². The van der Waals surface area contributed by atoms with E-state index in [-0.39, 0.29) is 18.2 Å². The molecular weight excluding hydrogens is 322 g/mol. The van der Waals surface area contributed by atoms with Gasteiger partial charge in [0.25, 0.3) is 5.91 Å². The van der Waals surface area contributed by atoms with Crippen LogP contribution in [0.15, 0.2) is 18.2 Å². The summed E-state index contributed by atoms with van der Waals surface area (Å²) in [6, 6.07) is 4.89. The van der Waals surface area contributed by atoms with Crippen LogP contribution in [0.2, 0.25) is 0 Å². The first kappa shape index (κ1) is 17.4. The SMILES string of the molecule is CCNCCCOc1ccc2c(c1)C(=O)N(C1CCC(=O)NC1=O)C2. The zero-order valence-electron chi connectivity index (χ0n) is 14.3. The van der Waals surface area contributed by atoms with Crippen LogP contribution in [0.3, 0.4) is 0 Å². The van der Waals surface area contributed by atoms with E-state index in [0.29, 0.717) is 30.9 Å². The van der Waals surface area contributed by atoms with Gasteiger partial charge in [-0.1, -0.05) is 13.0 Å². The van der Waals surface area contributed by atoms with Crippen molar-refractivity contribution >= 4 is 17.7 Å². The predicted octanol–water partition coefficient (Wildman–Crippen LogP) is 0.826. The molecule has 25 heavy (non-hydrogen) atoms. The van der Waals surface area contributed by atoms with Gasteiger partial charge in [0.05, 0.1) is 6.61 Å². The van der Waals surface area contributed by atoms with Crippen LogP contribution in [0.4, 0.5) is 0 Å². The number of hydrogen-bond donors (Lipinski definition) is 2. The van der Waals surface area contributed by atoms with Crippen molar-refractivity contribution in [3.8, 4) is 5.75 Å². The van der Waals surface area contributed by atoms with Crippen LogP contribution in [-0.4, -0.2) is 48.4 Å². The fourth-order valence-corrected chi connectivity index (χ4v) is 3.19. The largest absolute Gasteiger partial charge is 0.494 e. The number of benzene rings is 1. The van der Waals surface area contributed by atoms with Gasteiger partial charge in [-0.25, -0.2) is 0 Å². The number of amides is 3. The first-order chi connectivity index (χ1) is 12.1. The number of fused-ring (bicyclic) bond motifs is 1. The maximum atomic E-state index is 12.7. The second-order valence-corrected chi connectivity index (χ2v) is 6.27. The van der Waals surface area contributed by atoms with E-state index in [1.54, 1.807) is 11.0 Å². The summed E-state index contributed by atoms with van der Waals surface area (Å²) in [5.41, 5.74) is 1.46. The third-order valence-electron chi connectivity index (χ3n) is 4.52. The highest BCUT2D eigenvalue weighted by Crippen LogP contribution is 2.30. The van der Waals surface area contributed by atoms with Gasteiger partial charge in [0, 0.05) is 18.5 Å². The number of carbonyl (C=O) groups excluding carboxylic acids is 3. The van der Waals surface area contributed by atoms with Crippen LogP contribution in [0.5, 0.6) is 5.75 Å². The molecule has 1 fully saturated rings. The highest BCUT2D eigenvalue weighted by Gasteiger charge is 2.39. The van der Waals surface area contributed by atoms with Gasteiger partial charge in [-0.3, -0.25) is 19.7 Å². The smallest absolute Gasteiger partial charge is 0.255 e. The summed E-state index contributed by atoms with van der Waals surface area (Å²) in [5, 5.41) is 5.54. The van der Waals surface area contributed by atoms with Crippen molar-refractivity contribution in [1.82, 2.24) is 15.5 Å². The molecule has 0 aliphatic carbocycles. The molecule has 2 aliphatic heterocycles. The van der Waals surface area contributed by atoms with E-state index >= 15 is 0 Å².